The largest absolute Gasteiger partial charge is 0.395 e. The van der Waals surface area contributed by atoms with E-state index in [0.29, 0.717) is 19.1 Å². The maximum absolute atomic E-state index is 13.5. The van der Waals surface area contributed by atoms with E-state index in [1.165, 1.54) is 38.2 Å². The molecule has 1 aromatic rings. The fraction of sp³-hybridized carbons (Fsp3) is 0.600. The molecule has 1 N–H and O–H groups in total. The van der Waals surface area contributed by atoms with Crippen molar-refractivity contribution in [2.24, 2.45) is 0 Å². The van der Waals surface area contributed by atoms with Crippen molar-refractivity contribution in [1.82, 2.24) is 4.90 Å². The number of hydrogen-bond acceptors (Lipinski definition) is 2. The highest BCUT2D eigenvalue weighted by Gasteiger charge is 2.21. The molecule has 1 fully saturated rings. The molecular weight excluding hydrogens is 265 g/mol. The van der Waals surface area contributed by atoms with Crippen LogP contribution in [0.4, 0.5) is 4.39 Å². The quantitative estimate of drug-likeness (QED) is 0.893. The van der Waals surface area contributed by atoms with Crippen molar-refractivity contribution >= 4 is 11.6 Å². The van der Waals surface area contributed by atoms with Gasteiger partial charge in [0.1, 0.15) is 5.82 Å². The molecule has 0 aliphatic heterocycles. The minimum absolute atomic E-state index is 0.145. The highest BCUT2D eigenvalue weighted by molar-refractivity contribution is 6.30. The van der Waals surface area contributed by atoms with Crippen LogP contribution in [-0.4, -0.2) is 29.2 Å². The molecule has 0 aromatic heterocycles. The van der Waals surface area contributed by atoms with Crippen molar-refractivity contribution in [3.63, 3.8) is 0 Å². The molecule has 0 heterocycles. The Morgan fingerprint density at radius 3 is 2.63 bits per heavy atom. The SMILES string of the molecule is OCCN(Cc1ccc(Cl)c(F)c1)C1CCCCC1. The summed E-state index contributed by atoms with van der Waals surface area (Å²) >= 11 is 5.70. The molecule has 1 aliphatic carbocycles. The third-order valence-corrected chi connectivity index (χ3v) is 4.15. The van der Waals surface area contributed by atoms with Crippen LogP contribution in [0.25, 0.3) is 0 Å². The standard InChI is InChI=1S/C15H21ClFNO/c16-14-7-6-12(10-15(14)17)11-18(8-9-19)13-4-2-1-3-5-13/h6-7,10,13,19H,1-5,8-9,11H2. The van der Waals surface area contributed by atoms with E-state index < -0.39 is 0 Å². The van der Waals surface area contributed by atoms with Gasteiger partial charge in [-0.15, -0.1) is 0 Å². The summed E-state index contributed by atoms with van der Waals surface area (Å²) in [5, 5.41) is 9.37. The lowest BCUT2D eigenvalue weighted by Gasteiger charge is -2.34. The van der Waals surface area contributed by atoms with E-state index in [-0.39, 0.29) is 17.4 Å². The molecule has 19 heavy (non-hydrogen) atoms. The van der Waals surface area contributed by atoms with Crippen LogP contribution in [0.5, 0.6) is 0 Å². The number of nitrogens with zero attached hydrogens (tertiary/aromatic N) is 1. The van der Waals surface area contributed by atoms with Gasteiger partial charge in [0.05, 0.1) is 11.6 Å². The average molecular weight is 286 g/mol. The van der Waals surface area contributed by atoms with Crippen molar-refractivity contribution in [2.75, 3.05) is 13.2 Å². The van der Waals surface area contributed by atoms with Crippen molar-refractivity contribution in [3.8, 4) is 0 Å². The van der Waals surface area contributed by atoms with E-state index in [9.17, 15) is 9.50 Å². The zero-order chi connectivity index (χ0) is 13.7. The molecule has 2 nitrogen and oxygen atoms in total. The van der Waals surface area contributed by atoms with E-state index in [4.69, 9.17) is 11.6 Å². The molecule has 0 spiro atoms. The van der Waals surface area contributed by atoms with Gasteiger partial charge in [-0.2, -0.15) is 0 Å². The highest BCUT2D eigenvalue weighted by atomic mass is 35.5. The summed E-state index contributed by atoms with van der Waals surface area (Å²) in [5.74, 6) is -0.369. The third kappa shape index (κ3) is 4.16. The van der Waals surface area contributed by atoms with Crippen LogP contribution in [0.2, 0.25) is 5.02 Å². The van der Waals surface area contributed by atoms with Gasteiger partial charge in [-0.1, -0.05) is 36.9 Å². The molecule has 106 valence electrons. The van der Waals surface area contributed by atoms with Gasteiger partial charge in [0.2, 0.25) is 0 Å². The van der Waals surface area contributed by atoms with E-state index in [2.05, 4.69) is 4.90 Å². The molecular formula is C15H21ClFNO. The molecule has 0 radical (unpaired) electrons. The molecule has 0 unspecified atom stereocenters. The summed E-state index contributed by atoms with van der Waals surface area (Å²) in [7, 11) is 0. The Labute approximate surface area is 119 Å². The van der Waals surface area contributed by atoms with Crippen LogP contribution in [0.15, 0.2) is 18.2 Å². The highest BCUT2D eigenvalue weighted by Crippen LogP contribution is 2.24. The second-order valence-corrected chi connectivity index (χ2v) is 5.64. The molecule has 1 aliphatic rings. The van der Waals surface area contributed by atoms with Crippen LogP contribution >= 0.6 is 11.6 Å². The first-order valence-corrected chi connectivity index (χ1v) is 7.37. The van der Waals surface area contributed by atoms with Crippen LogP contribution in [0.1, 0.15) is 37.7 Å². The van der Waals surface area contributed by atoms with Gasteiger partial charge in [-0.3, -0.25) is 4.90 Å². The van der Waals surface area contributed by atoms with Crippen molar-refractivity contribution in [1.29, 1.82) is 0 Å². The molecule has 0 atom stereocenters. The first-order valence-electron chi connectivity index (χ1n) is 6.99. The Balaban J connectivity index is 2.04. The van der Waals surface area contributed by atoms with Crippen LogP contribution in [0.3, 0.4) is 0 Å². The second-order valence-electron chi connectivity index (χ2n) is 5.23. The summed E-state index contributed by atoms with van der Waals surface area (Å²) in [6.45, 7) is 1.47. The van der Waals surface area contributed by atoms with Crippen molar-refractivity contribution in [2.45, 2.75) is 44.7 Å². The summed E-state index contributed by atoms with van der Waals surface area (Å²) in [6, 6.07) is 5.47. The molecule has 1 aromatic carbocycles. The lowest BCUT2D eigenvalue weighted by molar-refractivity contribution is 0.117. The van der Waals surface area contributed by atoms with Crippen molar-refractivity contribution < 1.29 is 9.50 Å². The van der Waals surface area contributed by atoms with Gasteiger partial charge in [0.15, 0.2) is 0 Å². The van der Waals surface area contributed by atoms with Crippen LogP contribution in [-0.2, 0) is 6.54 Å². The number of hydrogen-bond donors (Lipinski definition) is 1. The Morgan fingerprint density at radius 2 is 2.00 bits per heavy atom. The van der Waals surface area contributed by atoms with Crippen LogP contribution in [0, 0.1) is 5.82 Å². The molecule has 2 rings (SSSR count). The average Bonchev–Trinajstić information content (AvgIpc) is 2.43. The predicted molar refractivity (Wildman–Crippen MR) is 75.8 cm³/mol. The second kappa shape index (κ2) is 7.22. The normalized spacial score (nSPS) is 17.1. The predicted octanol–water partition coefficient (Wildman–Crippen LogP) is 3.61. The molecule has 0 amide bonds. The Bertz CT molecular complexity index is 407. The first kappa shape index (κ1) is 14.8. The minimum Gasteiger partial charge on any atom is -0.395 e. The number of aliphatic hydroxyl groups is 1. The van der Waals surface area contributed by atoms with Gasteiger partial charge >= 0.3 is 0 Å². The molecule has 1 saturated carbocycles. The number of halogens is 2. The lowest BCUT2D eigenvalue weighted by atomic mass is 9.94. The zero-order valence-electron chi connectivity index (χ0n) is 11.1. The fourth-order valence-electron chi connectivity index (χ4n) is 2.84. The Hall–Kier alpha value is -0.640. The van der Waals surface area contributed by atoms with E-state index in [1.807, 2.05) is 6.07 Å². The molecule has 4 heteroatoms. The van der Waals surface area contributed by atoms with Gasteiger partial charge < -0.3 is 5.11 Å². The maximum Gasteiger partial charge on any atom is 0.142 e. The smallest absolute Gasteiger partial charge is 0.142 e. The monoisotopic (exact) mass is 285 g/mol. The van der Waals surface area contributed by atoms with Gasteiger partial charge in [0.25, 0.3) is 0 Å². The summed E-state index contributed by atoms with van der Waals surface area (Å²) < 4.78 is 13.5. The molecule has 0 saturated heterocycles. The van der Waals surface area contributed by atoms with Gasteiger partial charge in [-0.05, 0) is 30.5 Å². The summed E-state index contributed by atoms with van der Waals surface area (Å²) in [4.78, 5) is 2.27. The Morgan fingerprint density at radius 1 is 1.26 bits per heavy atom. The summed E-state index contributed by atoms with van der Waals surface area (Å²) in [5.41, 5.74) is 0.918. The van der Waals surface area contributed by atoms with Crippen molar-refractivity contribution in [3.05, 3.63) is 34.6 Å². The van der Waals surface area contributed by atoms with E-state index in [1.54, 1.807) is 6.07 Å². The lowest BCUT2D eigenvalue weighted by Crippen LogP contribution is -2.38. The topological polar surface area (TPSA) is 23.5 Å². The van der Waals surface area contributed by atoms with Gasteiger partial charge in [-0.25, -0.2) is 4.39 Å². The number of benzene rings is 1. The zero-order valence-corrected chi connectivity index (χ0v) is 11.9. The van der Waals surface area contributed by atoms with Crippen LogP contribution < -0.4 is 0 Å². The summed E-state index contributed by atoms with van der Waals surface area (Å²) in [6.07, 6.45) is 6.16. The maximum atomic E-state index is 13.5. The fourth-order valence-corrected chi connectivity index (χ4v) is 2.96. The minimum atomic E-state index is -0.369. The molecule has 0 bridgehead atoms. The third-order valence-electron chi connectivity index (χ3n) is 3.85. The number of rotatable bonds is 5. The Kier molecular flexibility index (Phi) is 5.61. The van der Waals surface area contributed by atoms with E-state index in [0.717, 1.165) is 5.56 Å². The number of aliphatic hydroxyl groups excluding tert-OH is 1. The van der Waals surface area contributed by atoms with E-state index >= 15 is 0 Å². The first-order chi connectivity index (χ1) is 9.20. The van der Waals surface area contributed by atoms with Gasteiger partial charge in [0, 0.05) is 19.1 Å².